The van der Waals surface area contributed by atoms with Crippen LogP contribution in [0.4, 0.5) is 0 Å². The molecule has 0 radical (unpaired) electrons. The van der Waals surface area contributed by atoms with Crippen LogP contribution < -0.4 is 5.32 Å². The van der Waals surface area contributed by atoms with Crippen LogP contribution in [-0.2, 0) is 0 Å². The Labute approximate surface area is 107 Å². The lowest BCUT2D eigenvalue weighted by Gasteiger charge is -2.11. The molecule has 1 unspecified atom stereocenters. The van der Waals surface area contributed by atoms with E-state index in [9.17, 15) is 0 Å². The number of rotatable bonds is 4. The molecular weight excluding hydrogens is 226 g/mol. The van der Waals surface area contributed by atoms with E-state index in [2.05, 4.69) is 34.2 Å². The fourth-order valence-corrected chi connectivity index (χ4v) is 2.40. The third kappa shape index (κ3) is 2.26. The molecule has 5 nitrogen and oxygen atoms in total. The summed E-state index contributed by atoms with van der Waals surface area (Å²) in [6.45, 7) is 7.26. The van der Waals surface area contributed by atoms with Gasteiger partial charge in [0.25, 0.3) is 0 Å². The predicted octanol–water partition coefficient (Wildman–Crippen LogP) is 1.60. The van der Waals surface area contributed by atoms with Crippen LogP contribution in [0.25, 0.3) is 5.82 Å². The molecule has 2 heterocycles. The first-order valence-electron chi connectivity index (χ1n) is 6.12. The van der Waals surface area contributed by atoms with E-state index in [1.54, 1.807) is 18.6 Å². The van der Waals surface area contributed by atoms with Crippen molar-refractivity contribution in [3.63, 3.8) is 0 Å². The highest BCUT2D eigenvalue weighted by molar-refractivity contribution is 5.33. The summed E-state index contributed by atoms with van der Waals surface area (Å²) in [5.74, 6) is 1.20. The molecule has 96 valence electrons. The highest BCUT2D eigenvalue weighted by Gasteiger charge is 2.18. The molecule has 2 aromatic rings. The maximum Gasteiger partial charge on any atom is 0.172 e. The van der Waals surface area contributed by atoms with Gasteiger partial charge in [0.15, 0.2) is 5.82 Å². The van der Waals surface area contributed by atoms with Gasteiger partial charge in [0.05, 0.1) is 11.9 Å². The minimum absolute atomic E-state index is 0.431. The molecule has 18 heavy (non-hydrogen) atoms. The van der Waals surface area contributed by atoms with Crippen LogP contribution in [0.2, 0.25) is 0 Å². The summed E-state index contributed by atoms with van der Waals surface area (Å²) in [5.41, 5.74) is 3.48. The van der Waals surface area contributed by atoms with Crippen LogP contribution in [0, 0.1) is 13.8 Å². The van der Waals surface area contributed by atoms with Gasteiger partial charge in [-0.1, -0.05) is 6.92 Å². The second kappa shape index (κ2) is 5.27. The van der Waals surface area contributed by atoms with Gasteiger partial charge >= 0.3 is 0 Å². The van der Waals surface area contributed by atoms with Crippen molar-refractivity contribution in [2.45, 2.75) is 26.7 Å². The van der Waals surface area contributed by atoms with Crippen LogP contribution in [0.15, 0.2) is 18.6 Å². The number of hydrogen-bond acceptors (Lipinski definition) is 4. The Kier molecular flexibility index (Phi) is 3.72. The molecule has 2 aromatic heterocycles. The molecule has 0 saturated carbocycles. The van der Waals surface area contributed by atoms with E-state index in [1.807, 2.05) is 18.7 Å². The van der Waals surface area contributed by atoms with Crippen molar-refractivity contribution in [1.82, 2.24) is 25.1 Å². The van der Waals surface area contributed by atoms with Gasteiger partial charge in [-0.05, 0) is 26.8 Å². The highest BCUT2D eigenvalue weighted by atomic mass is 15.3. The van der Waals surface area contributed by atoms with Gasteiger partial charge in [-0.2, -0.15) is 5.10 Å². The SMILES string of the molecule is CNCC(C)c1c(C)nn(-c2cnccn2)c1C. The molecule has 0 fully saturated rings. The van der Waals surface area contributed by atoms with Crippen LogP contribution in [-0.4, -0.2) is 33.3 Å². The quantitative estimate of drug-likeness (QED) is 0.889. The van der Waals surface area contributed by atoms with E-state index in [4.69, 9.17) is 0 Å². The molecule has 0 aromatic carbocycles. The van der Waals surface area contributed by atoms with E-state index >= 15 is 0 Å². The van der Waals surface area contributed by atoms with Gasteiger partial charge in [0.2, 0.25) is 0 Å². The molecule has 0 aliphatic heterocycles. The van der Waals surface area contributed by atoms with E-state index in [0.29, 0.717) is 5.92 Å². The van der Waals surface area contributed by atoms with Crippen molar-refractivity contribution in [1.29, 1.82) is 0 Å². The summed E-state index contributed by atoms with van der Waals surface area (Å²) in [7, 11) is 1.97. The zero-order valence-electron chi connectivity index (χ0n) is 11.3. The minimum atomic E-state index is 0.431. The summed E-state index contributed by atoms with van der Waals surface area (Å²) in [6.07, 6.45) is 5.08. The van der Waals surface area contributed by atoms with Crippen molar-refractivity contribution < 1.29 is 0 Å². The largest absolute Gasteiger partial charge is 0.319 e. The van der Waals surface area contributed by atoms with Gasteiger partial charge in [-0.15, -0.1) is 0 Å². The van der Waals surface area contributed by atoms with Crippen LogP contribution >= 0.6 is 0 Å². The van der Waals surface area contributed by atoms with Crippen molar-refractivity contribution >= 4 is 0 Å². The molecule has 5 heteroatoms. The Hall–Kier alpha value is -1.75. The third-order valence-corrected chi connectivity index (χ3v) is 3.12. The Bertz CT molecular complexity index is 518. The van der Waals surface area contributed by atoms with Crippen molar-refractivity contribution in [3.8, 4) is 5.82 Å². The first-order valence-corrected chi connectivity index (χ1v) is 6.12. The number of nitrogens with one attached hydrogen (secondary N) is 1. The maximum atomic E-state index is 4.57. The summed E-state index contributed by atoms with van der Waals surface area (Å²) >= 11 is 0. The summed E-state index contributed by atoms with van der Waals surface area (Å²) in [6, 6.07) is 0. The van der Waals surface area contributed by atoms with Crippen molar-refractivity contribution in [2.75, 3.05) is 13.6 Å². The topological polar surface area (TPSA) is 55.6 Å². The molecular formula is C13H19N5. The monoisotopic (exact) mass is 245 g/mol. The third-order valence-electron chi connectivity index (χ3n) is 3.12. The number of likely N-dealkylation sites (N-methyl/N-ethyl adjacent to an activating group) is 1. The lowest BCUT2D eigenvalue weighted by atomic mass is 9.99. The minimum Gasteiger partial charge on any atom is -0.319 e. The maximum absolute atomic E-state index is 4.57. The van der Waals surface area contributed by atoms with Crippen molar-refractivity contribution in [2.24, 2.45) is 0 Å². The van der Waals surface area contributed by atoms with Gasteiger partial charge in [-0.25, -0.2) is 9.67 Å². The Balaban J connectivity index is 2.44. The lowest BCUT2D eigenvalue weighted by molar-refractivity contribution is 0.670. The second-order valence-electron chi connectivity index (χ2n) is 4.52. The van der Waals surface area contributed by atoms with Crippen molar-refractivity contribution in [3.05, 3.63) is 35.5 Å². The van der Waals surface area contributed by atoms with Crippen LogP contribution in [0.1, 0.15) is 29.8 Å². The fraction of sp³-hybridized carbons (Fsp3) is 0.462. The average molecular weight is 245 g/mol. The first kappa shape index (κ1) is 12.7. The van der Waals surface area contributed by atoms with Gasteiger partial charge in [0.1, 0.15) is 0 Å². The molecule has 0 bridgehead atoms. The molecule has 1 N–H and O–H groups in total. The van der Waals surface area contributed by atoms with E-state index in [1.165, 1.54) is 5.56 Å². The standard InChI is InChI=1S/C13H19N5/c1-9(7-14-4)13-10(2)17-18(11(13)3)12-8-15-5-6-16-12/h5-6,8-9,14H,7H2,1-4H3. The van der Waals surface area contributed by atoms with E-state index < -0.39 is 0 Å². The van der Waals surface area contributed by atoms with E-state index in [0.717, 1.165) is 23.8 Å². The summed E-state index contributed by atoms with van der Waals surface area (Å²) in [4.78, 5) is 8.38. The molecule has 0 spiro atoms. The molecule has 1 atom stereocenters. The zero-order valence-corrected chi connectivity index (χ0v) is 11.3. The molecule has 0 saturated heterocycles. The highest BCUT2D eigenvalue weighted by Crippen LogP contribution is 2.24. The zero-order chi connectivity index (χ0) is 13.1. The van der Waals surface area contributed by atoms with Crippen LogP contribution in [0.3, 0.4) is 0 Å². The number of aromatic nitrogens is 4. The first-order chi connectivity index (χ1) is 8.65. The van der Waals surface area contributed by atoms with Gasteiger partial charge in [0, 0.05) is 30.2 Å². The smallest absolute Gasteiger partial charge is 0.172 e. The number of aryl methyl sites for hydroxylation is 1. The second-order valence-corrected chi connectivity index (χ2v) is 4.52. The summed E-state index contributed by atoms with van der Waals surface area (Å²) in [5, 5.41) is 7.77. The Morgan fingerprint density at radius 3 is 2.72 bits per heavy atom. The molecule has 0 aliphatic carbocycles. The normalized spacial score (nSPS) is 12.7. The summed E-state index contributed by atoms with van der Waals surface area (Å²) < 4.78 is 1.86. The van der Waals surface area contributed by atoms with Gasteiger partial charge < -0.3 is 5.32 Å². The number of nitrogens with zero attached hydrogens (tertiary/aromatic N) is 4. The van der Waals surface area contributed by atoms with Gasteiger partial charge in [-0.3, -0.25) is 4.98 Å². The Morgan fingerprint density at radius 1 is 1.33 bits per heavy atom. The van der Waals surface area contributed by atoms with E-state index in [-0.39, 0.29) is 0 Å². The predicted molar refractivity (Wildman–Crippen MR) is 71.0 cm³/mol. The molecule has 0 amide bonds. The lowest BCUT2D eigenvalue weighted by Crippen LogP contribution is -2.15. The fourth-order valence-electron chi connectivity index (χ4n) is 2.40. The Morgan fingerprint density at radius 2 is 2.11 bits per heavy atom. The van der Waals surface area contributed by atoms with Crippen LogP contribution in [0.5, 0.6) is 0 Å². The molecule has 2 rings (SSSR count). The number of hydrogen-bond donors (Lipinski definition) is 1. The molecule has 0 aliphatic rings. The average Bonchev–Trinajstić information content (AvgIpc) is 2.66.